The van der Waals surface area contributed by atoms with E-state index in [0.717, 1.165) is 23.0 Å². The molecule has 1 fully saturated rings. The molecule has 2 aromatic rings. The molecule has 0 bridgehead atoms. The second-order valence-corrected chi connectivity index (χ2v) is 9.92. The van der Waals surface area contributed by atoms with Crippen molar-refractivity contribution in [1.82, 2.24) is 20.5 Å². The highest BCUT2D eigenvalue weighted by atomic mass is 19.4. The molecule has 1 aliphatic rings. The Hall–Kier alpha value is -3.31. The predicted octanol–water partition coefficient (Wildman–Crippen LogP) is 5.12. The number of carbonyl (C=O) groups excluding carboxylic acids is 3. The number of amides is 3. The van der Waals surface area contributed by atoms with Gasteiger partial charge < -0.3 is 15.5 Å². The monoisotopic (exact) mass is 560 g/mol. The van der Waals surface area contributed by atoms with Crippen LogP contribution in [0.25, 0.3) is 10.8 Å². The number of hydrogen-bond acceptors (Lipinski definition) is 4. The molecule has 0 saturated carbocycles. The Morgan fingerprint density at radius 2 is 1.62 bits per heavy atom. The molecule has 3 rings (SSSR count). The molecule has 1 aromatic carbocycles. The van der Waals surface area contributed by atoms with Crippen molar-refractivity contribution in [2.24, 2.45) is 11.8 Å². The van der Waals surface area contributed by atoms with Crippen molar-refractivity contribution in [3.05, 3.63) is 41.7 Å². The first-order valence-electron chi connectivity index (χ1n) is 12.8. The zero-order valence-corrected chi connectivity index (χ0v) is 23.1. The first-order valence-corrected chi connectivity index (χ1v) is 12.8. The maximum atomic E-state index is 13.6. The summed E-state index contributed by atoms with van der Waals surface area (Å²) < 4.78 is 64.0. The fourth-order valence-electron chi connectivity index (χ4n) is 3.64. The molecular formula is C27H37F5N4O3. The van der Waals surface area contributed by atoms with Crippen molar-refractivity contribution >= 4 is 28.5 Å². The molecule has 1 saturated heterocycles. The third kappa shape index (κ3) is 10.4. The molecule has 0 aliphatic carbocycles. The molecule has 3 amide bonds. The molecule has 2 atom stereocenters. The highest BCUT2D eigenvalue weighted by Crippen LogP contribution is 2.25. The van der Waals surface area contributed by atoms with Gasteiger partial charge in [0.2, 0.25) is 11.8 Å². The third-order valence-electron chi connectivity index (χ3n) is 5.28. The van der Waals surface area contributed by atoms with Gasteiger partial charge in [0.05, 0.1) is 6.54 Å². The van der Waals surface area contributed by atoms with Crippen LogP contribution in [0.1, 0.15) is 59.9 Å². The van der Waals surface area contributed by atoms with E-state index in [1.165, 1.54) is 24.1 Å². The number of nitrogens with zero attached hydrogens (tertiary/aromatic N) is 2. The number of rotatable bonds is 5. The molecule has 2 N–H and O–H groups in total. The first kappa shape index (κ1) is 33.7. The zero-order chi connectivity index (χ0) is 29.9. The number of halogens is 5. The van der Waals surface area contributed by atoms with Crippen LogP contribution in [0.3, 0.4) is 0 Å². The van der Waals surface area contributed by atoms with E-state index in [9.17, 15) is 36.3 Å². The largest absolute Gasteiger partial charge is 0.471 e. The summed E-state index contributed by atoms with van der Waals surface area (Å²) in [6.07, 6.45) is -0.701. The molecule has 2 heterocycles. The van der Waals surface area contributed by atoms with Gasteiger partial charge in [-0.1, -0.05) is 48.0 Å². The molecule has 1 aromatic heterocycles. The van der Waals surface area contributed by atoms with Crippen LogP contribution >= 0.6 is 0 Å². The molecule has 2 unspecified atom stereocenters. The number of carbonyl (C=O) groups is 3. The van der Waals surface area contributed by atoms with Gasteiger partial charge in [0.25, 0.3) is 0 Å². The van der Waals surface area contributed by atoms with Gasteiger partial charge in [0, 0.05) is 30.9 Å². The second kappa shape index (κ2) is 15.3. The van der Waals surface area contributed by atoms with Crippen LogP contribution < -0.4 is 10.6 Å². The molecule has 0 radical (unpaired) electrons. The van der Waals surface area contributed by atoms with Crippen molar-refractivity contribution in [1.29, 1.82) is 0 Å². The summed E-state index contributed by atoms with van der Waals surface area (Å²) in [4.78, 5) is 41.1. The predicted molar refractivity (Wildman–Crippen MR) is 138 cm³/mol. The molecule has 218 valence electrons. The Labute approximate surface area is 225 Å². The van der Waals surface area contributed by atoms with Crippen LogP contribution in [-0.2, 0) is 20.9 Å². The van der Waals surface area contributed by atoms with Crippen molar-refractivity contribution in [3.63, 3.8) is 0 Å². The van der Waals surface area contributed by atoms with Crippen LogP contribution in [0.4, 0.5) is 22.0 Å². The lowest BCUT2D eigenvalue weighted by molar-refractivity contribution is -0.174. The lowest BCUT2D eigenvalue weighted by Gasteiger charge is -2.26. The second-order valence-electron chi connectivity index (χ2n) is 9.92. The Morgan fingerprint density at radius 3 is 2.18 bits per heavy atom. The number of benzene rings is 1. The maximum Gasteiger partial charge on any atom is 0.471 e. The van der Waals surface area contributed by atoms with Crippen molar-refractivity contribution in [2.75, 3.05) is 13.1 Å². The molecular weight excluding hydrogens is 523 g/mol. The Morgan fingerprint density at radius 1 is 1.05 bits per heavy atom. The number of fused-ring (bicyclic) bond motifs is 1. The first-order chi connectivity index (χ1) is 18.1. The molecule has 12 heteroatoms. The van der Waals surface area contributed by atoms with E-state index in [4.69, 9.17) is 0 Å². The molecule has 39 heavy (non-hydrogen) atoms. The van der Waals surface area contributed by atoms with E-state index in [0.29, 0.717) is 22.8 Å². The minimum Gasteiger partial charge on any atom is -0.350 e. The SMILES string of the molecule is CC(C)C.CC1CCN(C(=O)CNC(=O)C(F)(F)F)C1C(=O)NCc1cncc2cc(F)c(F)cc12.CCC. The van der Waals surface area contributed by atoms with Crippen molar-refractivity contribution < 1.29 is 36.3 Å². The van der Waals surface area contributed by atoms with Gasteiger partial charge >= 0.3 is 12.1 Å². The highest BCUT2D eigenvalue weighted by Gasteiger charge is 2.41. The fourth-order valence-corrected chi connectivity index (χ4v) is 3.64. The van der Waals surface area contributed by atoms with Crippen LogP contribution in [0, 0.1) is 23.5 Å². The number of alkyl halides is 3. The van der Waals surface area contributed by atoms with Crippen LogP contribution in [0.2, 0.25) is 0 Å². The summed E-state index contributed by atoms with van der Waals surface area (Å²) in [6.45, 7) is 11.6. The quantitative estimate of drug-likeness (QED) is 0.497. The Balaban J connectivity index is 0.000000975. The van der Waals surface area contributed by atoms with Crippen LogP contribution in [0.15, 0.2) is 24.5 Å². The summed E-state index contributed by atoms with van der Waals surface area (Å²) in [5.41, 5.74) is 0.413. The van der Waals surface area contributed by atoms with Gasteiger partial charge in [0.15, 0.2) is 11.6 Å². The maximum absolute atomic E-state index is 13.6. The number of hydrogen-bond donors (Lipinski definition) is 2. The minimum absolute atomic E-state index is 0.0930. The zero-order valence-electron chi connectivity index (χ0n) is 23.1. The molecule has 0 spiro atoms. The van der Waals surface area contributed by atoms with E-state index in [2.05, 4.69) is 44.9 Å². The standard InChI is InChI=1S/C20H19F5N4O3.C4H10.C3H8/c1-10-2-3-29(16(30)9-28-19(32)20(23,24)25)17(10)18(31)27-8-12-7-26-6-11-4-14(21)15(22)5-13(11)12;1-4(2)3;1-3-2/h4-7,10,17H,2-3,8-9H2,1H3,(H,27,31)(H,28,32);4H,1-3H3;3H2,1-2H3. The van der Waals surface area contributed by atoms with Gasteiger partial charge in [-0.05, 0) is 41.3 Å². The molecule has 7 nitrogen and oxygen atoms in total. The Kier molecular flexibility index (Phi) is 13.2. The van der Waals surface area contributed by atoms with Crippen LogP contribution in [-0.4, -0.2) is 52.9 Å². The average molecular weight is 561 g/mol. The highest BCUT2D eigenvalue weighted by molar-refractivity contribution is 5.92. The lowest BCUT2D eigenvalue weighted by atomic mass is 10.0. The lowest BCUT2D eigenvalue weighted by Crippen LogP contribution is -2.51. The van der Waals surface area contributed by atoms with Gasteiger partial charge in [-0.3, -0.25) is 19.4 Å². The van der Waals surface area contributed by atoms with Gasteiger partial charge in [-0.25, -0.2) is 8.78 Å². The average Bonchev–Trinajstić information content (AvgIpc) is 3.22. The summed E-state index contributed by atoms with van der Waals surface area (Å²) in [5, 5.41) is 4.80. The van der Waals surface area contributed by atoms with Gasteiger partial charge in [-0.2, -0.15) is 13.2 Å². The number of aromatic nitrogens is 1. The summed E-state index contributed by atoms with van der Waals surface area (Å²) in [5.74, 6) is -5.17. The normalized spacial score (nSPS) is 16.7. The summed E-state index contributed by atoms with van der Waals surface area (Å²) in [7, 11) is 0. The van der Waals surface area contributed by atoms with E-state index in [-0.39, 0.29) is 19.0 Å². The number of pyridine rings is 1. The number of likely N-dealkylation sites (tertiary alicyclic amines) is 1. The number of nitrogens with one attached hydrogen (secondary N) is 2. The van der Waals surface area contributed by atoms with Gasteiger partial charge in [-0.15, -0.1) is 0 Å². The van der Waals surface area contributed by atoms with E-state index < -0.39 is 48.1 Å². The summed E-state index contributed by atoms with van der Waals surface area (Å²) in [6, 6.07) is 1.02. The Bertz CT molecular complexity index is 1120. The molecule has 1 aliphatic heterocycles. The minimum atomic E-state index is -5.12. The van der Waals surface area contributed by atoms with Crippen molar-refractivity contribution in [2.45, 2.75) is 73.1 Å². The fraction of sp³-hybridized carbons (Fsp3) is 0.556. The summed E-state index contributed by atoms with van der Waals surface area (Å²) >= 11 is 0. The third-order valence-corrected chi connectivity index (χ3v) is 5.28. The van der Waals surface area contributed by atoms with Gasteiger partial charge in [0.1, 0.15) is 6.04 Å². The van der Waals surface area contributed by atoms with Crippen molar-refractivity contribution in [3.8, 4) is 0 Å². The van der Waals surface area contributed by atoms with E-state index in [1.807, 2.05) is 0 Å². The van der Waals surface area contributed by atoms with E-state index >= 15 is 0 Å². The van der Waals surface area contributed by atoms with E-state index in [1.54, 1.807) is 6.92 Å². The smallest absolute Gasteiger partial charge is 0.350 e. The van der Waals surface area contributed by atoms with Crippen LogP contribution in [0.5, 0.6) is 0 Å². The topological polar surface area (TPSA) is 91.4 Å².